The summed E-state index contributed by atoms with van der Waals surface area (Å²) in [5.74, 6) is 2.28. The number of nitrogens with zero attached hydrogens (tertiary/aromatic N) is 2. The summed E-state index contributed by atoms with van der Waals surface area (Å²) in [5.41, 5.74) is 6.43. The minimum atomic E-state index is 0.405. The maximum absolute atomic E-state index is 6.43. The van der Waals surface area contributed by atoms with Crippen molar-refractivity contribution in [3.63, 3.8) is 0 Å². The highest BCUT2D eigenvalue weighted by atomic mass is 15.2. The molecule has 0 spiro atoms. The summed E-state index contributed by atoms with van der Waals surface area (Å²) in [6, 6.07) is 1.14. The van der Waals surface area contributed by atoms with E-state index in [0.29, 0.717) is 12.0 Å². The van der Waals surface area contributed by atoms with Gasteiger partial charge in [0.2, 0.25) is 0 Å². The van der Waals surface area contributed by atoms with Gasteiger partial charge in [0.05, 0.1) is 0 Å². The van der Waals surface area contributed by atoms with Crippen molar-refractivity contribution in [2.75, 3.05) is 33.7 Å². The Kier molecular flexibility index (Phi) is 5.27. The monoisotopic (exact) mass is 267 g/mol. The van der Waals surface area contributed by atoms with Crippen LogP contribution < -0.4 is 5.73 Å². The van der Waals surface area contributed by atoms with Crippen molar-refractivity contribution in [3.05, 3.63) is 0 Å². The van der Waals surface area contributed by atoms with Crippen molar-refractivity contribution in [1.29, 1.82) is 0 Å². The molecule has 2 rings (SSSR count). The molecule has 3 heteroatoms. The van der Waals surface area contributed by atoms with E-state index in [-0.39, 0.29) is 0 Å². The fourth-order valence-electron chi connectivity index (χ4n) is 4.26. The van der Waals surface area contributed by atoms with Gasteiger partial charge in [0, 0.05) is 25.2 Å². The first-order valence-electron chi connectivity index (χ1n) is 8.11. The molecule has 3 nitrogen and oxygen atoms in total. The van der Waals surface area contributed by atoms with Crippen molar-refractivity contribution < 1.29 is 0 Å². The van der Waals surface area contributed by atoms with Gasteiger partial charge in [-0.2, -0.15) is 0 Å². The van der Waals surface area contributed by atoms with Crippen LogP contribution in [0.5, 0.6) is 0 Å². The highest BCUT2D eigenvalue weighted by molar-refractivity contribution is 4.89. The van der Waals surface area contributed by atoms with E-state index < -0.39 is 0 Å². The summed E-state index contributed by atoms with van der Waals surface area (Å²) in [6.45, 7) is 8.44. The Morgan fingerprint density at radius 3 is 2.63 bits per heavy atom. The summed E-state index contributed by atoms with van der Waals surface area (Å²) >= 11 is 0. The van der Waals surface area contributed by atoms with Crippen LogP contribution in [0.4, 0.5) is 0 Å². The van der Waals surface area contributed by atoms with Crippen LogP contribution in [-0.2, 0) is 0 Å². The standard InChI is InChI=1S/C16H33N3/c1-12-8-13(2)15(16(17)9-12)11-19(4)14-6-5-7-18(3)10-14/h12-16H,5-11,17H2,1-4H3. The third-order valence-electron chi connectivity index (χ3n) is 5.45. The molecule has 1 saturated heterocycles. The largest absolute Gasteiger partial charge is 0.327 e. The van der Waals surface area contributed by atoms with Gasteiger partial charge in [-0.25, -0.2) is 0 Å². The number of piperidine rings is 1. The molecule has 0 aromatic heterocycles. The smallest absolute Gasteiger partial charge is 0.0220 e. The van der Waals surface area contributed by atoms with Gasteiger partial charge in [0.1, 0.15) is 0 Å². The van der Waals surface area contributed by atoms with Crippen LogP contribution in [0, 0.1) is 17.8 Å². The Morgan fingerprint density at radius 1 is 1.26 bits per heavy atom. The Morgan fingerprint density at radius 2 is 2.00 bits per heavy atom. The fraction of sp³-hybridized carbons (Fsp3) is 1.00. The lowest BCUT2D eigenvalue weighted by Gasteiger charge is -2.43. The maximum Gasteiger partial charge on any atom is 0.0220 e. The molecule has 1 heterocycles. The zero-order chi connectivity index (χ0) is 14.0. The summed E-state index contributed by atoms with van der Waals surface area (Å²) in [6.07, 6.45) is 5.27. The topological polar surface area (TPSA) is 32.5 Å². The number of nitrogens with two attached hydrogens (primary N) is 1. The molecule has 1 saturated carbocycles. The van der Waals surface area contributed by atoms with Crippen LogP contribution in [0.15, 0.2) is 0 Å². The molecule has 1 aliphatic carbocycles. The average Bonchev–Trinajstić information content (AvgIpc) is 2.33. The zero-order valence-corrected chi connectivity index (χ0v) is 13.3. The molecule has 0 amide bonds. The quantitative estimate of drug-likeness (QED) is 0.849. The van der Waals surface area contributed by atoms with E-state index in [1.165, 1.54) is 45.3 Å². The first-order valence-corrected chi connectivity index (χ1v) is 8.11. The van der Waals surface area contributed by atoms with E-state index in [0.717, 1.165) is 17.9 Å². The van der Waals surface area contributed by atoms with E-state index in [1.807, 2.05) is 0 Å². The van der Waals surface area contributed by atoms with Crippen LogP contribution in [0.25, 0.3) is 0 Å². The summed E-state index contributed by atoms with van der Waals surface area (Å²) in [5, 5.41) is 0. The van der Waals surface area contributed by atoms with E-state index in [9.17, 15) is 0 Å². The molecule has 0 bridgehead atoms. The lowest BCUT2D eigenvalue weighted by molar-refractivity contribution is 0.0790. The van der Waals surface area contributed by atoms with Gasteiger partial charge in [-0.3, -0.25) is 0 Å². The van der Waals surface area contributed by atoms with Gasteiger partial charge in [-0.05, 0) is 64.1 Å². The molecule has 5 atom stereocenters. The van der Waals surface area contributed by atoms with E-state index in [1.54, 1.807) is 0 Å². The molecule has 2 N–H and O–H groups in total. The molecule has 2 aliphatic rings. The van der Waals surface area contributed by atoms with Crippen LogP contribution in [0.2, 0.25) is 0 Å². The number of likely N-dealkylation sites (N-methyl/N-ethyl adjacent to an activating group) is 2. The molecule has 19 heavy (non-hydrogen) atoms. The first kappa shape index (κ1) is 15.3. The minimum absolute atomic E-state index is 0.405. The second-order valence-electron chi connectivity index (χ2n) is 7.38. The highest BCUT2D eigenvalue weighted by Crippen LogP contribution is 2.33. The van der Waals surface area contributed by atoms with Crippen LogP contribution in [-0.4, -0.2) is 55.6 Å². The van der Waals surface area contributed by atoms with Gasteiger partial charge in [0.15, 0.2) is 0 Å². The van der Waals surface area contributed by atoms with E-state index >= 15 is 0 Å². The Hall–Kier alpha value is -0.120. The van der Waals surface area contributed by atoms with Gasteiger partial charge >= 0.3 is 0 Å². The van der Waals surface area contributed by atoms with E-state index in [4.69, 9.17) is 5.73 Å². The molecule has 0 aromatic carbocycles. The van der Waals surface area contributed by atoms with Gasteiger partial charge in [0.25, 0.3) is 0 Å². The van der Waals surface area contributed by atoms with Crippen molar-refractivity contribution in [3.8, 4) is 0 Å². The second-order valence-corrected chi connectivity index (χ2v) is 7.38. The molecule has 0 aromatic rings. The second kappa shape index (κ2) is 6.55. The predicted molar refractivity (Wildman–Crippen MR) is 82.2 cm³/mol. The van der Waals surface area contributed by atoms with Gasteiger partial charge in [-0.15, -0.1) is 0 Å². The SMILES string of the molecule is CC1CC(C)C(CN(C)C2CCCN(C)C2)C(N)C1. The third-order valence-corrected chi connectivity index (χ3v) is 5.45. The maximum atomic E-state index is 6.43. The van der Waals surface area contributed by atoms with Crippen molar-refractivity contribution in [1.82, 2.24) is 9.80 Å². The van der Waals surface area contributed by atoms with Crippen LogP contribution in [0.1, 0.15) is 39.5 Å². The number of rotatable bonds is 3. The Bertz CT molecular complexity index is 269. The number of likely N-dealkylation sites (tertiary alicyclic amines) is 1. The van der Waals surface area contributed by atoms with Crippen LogP contribution >= 0.6 is 0 Å². The fourth-order valence-corrected chi connectivity index (χ4v) is 4.26. The molecule has 2 fully saturated rings. The van der Waals surface area contributed by atoms with E-state index in [2.05, 4.69) is 37.7 Å². The van der Waals surface area contributed by atoms with Gasteiger partial charge in [-0.1, -0.05) is 13.8 Å². The predicted octanol–water partition coefficient (Wildman–Crippen LogP) is 2.02. The summed E-state index contributed by atoms with van der Waals surface area (Å²) in [7, 11) is 4.55. The number of hydrogen-bond donors (Lipinski definition) is 1. The molecular formula is C16H33N3. The Balaban J connectivity index is 1.88. The van der Waals surface area contributed by atoms with Crippen LogP contribution in [0.3, 0.4) is 0 Å². The molecule has 1 aliphatic heterocycles. The van der Waals surface area contributed by atoms with Crippen molar-refractivity contribution in [2.24, 2.45) is 23.5 Å². The molecule has 112 valence electrons. The summed E-state index contributed by atoms with van der Waals surface area (Å²) in [4.78, 5) is 5.06. The van der Waals surface area contributed by atoms with Crippen molar-refractivity contribution in [2.45, 2.75) is 51.6 Å². The lowest BCUT2D eigenvalue weighted by atomic mass is 9.72. The lowest BCUT2D eigenvalue weighted by Crippen LogP contribution is -2.51. The first-order chi connectivity index (χ1) is 8.97. The third kappa shape index (κ3) is 3.93. The molecule has 0 radical (unpaired) electrons. The zero-order valence-electron chi connectivity index (χ0n) is 13.3. The normalized spacial score (nSPS) is 41.7. The van der Waals surface area contributed by atoms with Gasteiger partial charge < -0.3 is 15.5 Å². The Labute approximate surface area is 119 Å². The highest BCUT2D eigenvalue weighted by Gasteiger charge is 2.33. The number of hydrogen-bond acceptors (Lipinski definition) is 3. The van der Waals surface area contributed by atoms with Crippen molar-refractivity contribution >= 4 is 0 Å². The molecular weight excluding hydrogens is 234 g/mol. The summed E-state index contributed by atoms with van der Waals surface area (Å²) < 4.78 is 0. The molecule has 5 unspecified atom stereocenters. The minimum Gasteiger partial charge on any atom is -0.327 e. The average molecular weight is 267 g/mol.